The van der Waals surface area contributed by atoms with Gasteiger partial charge in [-0.05, 0) is 52.7 Å². The molecule has 22 heavy (non-hydrogen) atoms. The van der Waals surface area contributed by atoms with Crippen LogP contribution in [0.1, 0.15) is 37.5 Å². The zero-order chi connectivity index (χ0) is 16.5. The van der Waals surface area contributed by atoms with Crippen LogP contribution < -0.4 is 10.6 Å². The molecule has 1 heterocycles. The third-order valence-electron chi connectivity index (χ3n) is 3.15. The Morgan fingerprint density at radius 3 is 2.27 bits per heavy atom. The van der Waals surface area contributed by atoms with Gasteiger partial charge < -0.3 is 5.32 Å². The fourth-order valence-corrected chi connectivity index (χ4v) is 3.20. The molecule has 0 bridgehead atoms. The van der Waals surface area contributed by atoms with Crippen molar-refractivity contribution in [2.75, 3.05) is 5.32 Å². The van der Waals surface area contributed by atoms with E-state index in [1.807, 2.05) is 26.2 Å². The molecule has 2 N–H and O–H groups in total. The summed E-state index contributed by atoms with van der Waals surface area (Å²) < 4.78 is 0. The molecular formula is C17H23N3OS. The molecule has 0 saturated carbocycles. The number of anilines is 1. The SMILES string of the molecule is Cc1cc(C)c(-c2csc(NC(=O)NC(C)(C)C)n2)c(C)c1. The Bertz CT molecular complexity index is 675. The zero-order valence-corrected chi connectivity index (χ0v) is 14.8. The highest BCUT2D eigenvalue weighted by Gasteiger charge is 2.16. The summed E-state index contributed by atoms with van der Waals surface area (Å²) in [7, 11) is 0. The fraction of sp³-hybridized carbons (Fsp3) is 0.412. The molecule has 118 valence electrons. The maximum absolute atomic E-state index is 11.9. The van der Waals surface area contributed by atoms with Crippen LogP contribution in [0.15, 0.2) is 17.5 Å². The first-order valence-corrected chi connectivity index (χ1v) is 8.16. The van der Waals surface area contributed by atoms with Crippen molar-refractivity contribution in [1.29, 1.82) is 0 Å². The van der Waals surface area contributed by atoms with Gasteiger partial charge in [0.2, 0.25) is 0 Å². The van der Waals surface area contributed by atoms with E-state index in [0.29, 0.717) is 5.13 Å². The number of aromatic nitrogens is 1. The highest BCUT2D eigenvalue weighted by Crippen LogP contribution is 2.31. The molecule has 0 aliphatic carbocycles. The first-order valence-electron chi connectivity index (χ1n) is 7.28. The van der Waals surface area contributed by atoms with Gasteiger partial charge in [0, 0.05) is 16.5 Å². The van der Waals surface area contributed by atoms with Crippen LogP contribution >= 0.6 is 11.3 Å². The summed E-state index contributed by atoms with van der Waals surface area (Å²) in [6, 6.07) is 4.08. The second kappa shape index (κ2) is 6.08. The van der Waals surface area contributed by atoms with E-state index in [4.69, 9.17) is 0 Å². The summed E-state index contributed by atoms with van der Waals surface area (Å²) in [6.45, 7) is 12.1. The Morgan fingerprint density at radius 1 is 1.14 bits per heavy atom. The standard InChI is InChI=1S/C17H23N3OS/c1-10-7-11(2)14(12(3)8-10)13-9-22-16(18-13)19-15(21)20-17(4,5)6/h7-9H,1-6H3,(H2,18,19,20,21). The van der Waals surface area contributed by atoms with Crippen LogP contribution in [-0.4, -0.2) is 16.6 Å². The molecule has 2 rings (SSSR count). The van der Waals surface area contributed by atoms with Crippen LogP contribution in [0.3, 0.4) is 0 Å². The summed E-state index contributed by atoms with van der Waals surface area (Å²) >= 11 is 1.44. The normalized spacial score (nSPS) is 11.4. The number of amides is 2. The number of carbonyl (C=O) groups excluding carboxylic acids is 1. The van der Waals surface area contributed by atoms with Gasteiger partial charge in [-0.1, -0.05) is 17.7 Å². The summed E-state index contributed by atoms with van der Waals surface area (Å²) in [4.78, 5) is 16.4. The lowest BCUT2D eigenvalue weighted by Gasteiger charge is -2.20. The third-order valence-corrected chi connectivity index (χ3v) is 3.90. The van der Waals surface area contributed by atoms with Crippen molar-refractivity contribution in [3.8, 4) is 11.3 Å². The smallest absolute Gasteiger partial charge is 0.321 e. The molecule has 2 amide bonds. The van der Waals surface area contributed by atoms with E-state index in [1.165, 1.54) is 28.0 Å². The Hall–Kier alpha value is -1.88. The molecule has 0 aliphatic heterocycles. The minimum Gasteiger partial charge on any atom is -0.333 e. The number of hydrogen-bond acceptors (Lipinski definition) is 3. The second-order valence-electron chi connectivity index (χ2n) is 6.64. The number of benzene rings is 1. The highest BCUT2D eigenvalue weighted by molar-refractivity contribution is 7.14. The molecule has 0 radical (unpaired) electrons. The van der Waals surface area contributed by atoms with Crippen LogP contribution in [0, 0.1) is 20.8 Å². The largest absolute Gasteiger partial charge is 0.333 e. The minimum absolute atomic E-state index is 0.231. The molecule has 1 aromatic carbocycles. The van der Waals surface area contributed by atoms with Gasteiger partial charge in [-0.2, -0.15) is 0 Å². The van der Waals surface area contributed by atoms with Crippen molar-refractivity contribution in [3.63, 3.8) is 0 Å². The number of carbonyl (C=O) groups is 1. The van der Waals surface area contributed by atoms with E-state index in [0.717, 1.165) is 11.3 Å². The van der Waals surface area contributed by atoms with E-state index in [9.17, 15) is 4.79 Å². The number of urea groups is 1. The lowest BCUT2D eigenvalue weighted by atomic mass is 9.98. The van der Waals surface area contributed by atoms with Crippen LogP contribution in [0.2, 0.25) is 0 Å². The quantitative estimate of drug-likeness (QED) is 0.846. The molecular weight excluding hydrogens is 294 g/mol. The second-order valence-corrected chi connectivity index (χ2v) is 7.50. The zero-order valence-electron chi connectivity index (χ0n) is 14.0. The van der Waals surface area contributed by atoms with Crippen molar-refractivity contribution in [1.82, 2.24) is 10.3 Å². The highest BCUT2D eigenvalue weighted by atomic mass is 32.1. The van der Waals surface area contributed by atoms with Gasteiger partial charge in [-0.25, -0.2) is 9.78 Å². The molecule has 0 spiro atoms. The molecule has 0 atom stereocenters. The van der Waals surface area contributed by atoms with Crippen LogP contribution in [0.5, 0.6) is 0 Å². The molecule has 2 aromatic rings. The fourth-order valence-electron chi connectivity index (χ4n) is 2.50. The summed E-state index contributed by atoms with van der Waals surface area (Å²) in [5.74, 6) is 0. The van der Waals surface area contributed by atoms with E-state index in [1.54, 1.807) is 0 Å². The van der Waals surface area contributed by atoms with E-state index in [2.05, 4.69) is 48.5 Å². The lowest BCUT2D eigenvalue weighted by Crippen LogP contribution is -2.43. The molecule has 0 saturated heterocycles. The predicted molar refractivity (Wildman–Crippen MR) is 93.7 cm³/mol. The van der Waals surface area contributed by atoms with Gasteiger partial charge in [0.25, 0.3) is 0 Å². The summed E-state index contributed by atoms with van der Waals surface area (Å²) in [6.07, 6.45) is 0. The average molecular weight is 317 g/mol. The number of nitrogens with one attached hydrogen (secondary N) is 2. The lowest BCUT2D eigenvalue weighted by molar-refractivity contribution is 0.244. The van der Waals surface area contributed by atoms with Crippen LogP contribution in [0.4, 0.5) is 9.93 Å². The number of hydrogen-bond donors (Lipinski definition) is 2. The molecule has 0 unspecified atom stereocenters. The van der Waals surface area contributed by atoms with Crippen molar-refractivity contribution in [2.24, 2.45) is 0 Å². The maximum atomic E-state index is 11.9. The molecule has 1 aromatic heterocycles. The topological polar surface area (TPSA) is 54.0 Å². The van der Waals surface area contributed by atoms with Crippen LogP contribution in [-0.2, 0) is 0 Å². The van der Waals surface area contributed by atoms with E-state index < -0.39 is 0 Å². The Morgan fingerprint density at radius 2 is 1.73 bits per heavy atom. The Labute approximate surface area is 136 Å². The first-order chi connectivity index (χ1) is 10.2. The van der Waals surface area contributed by atoms with Crippen molar-refractivity contribution in [2.45, 2.75) is 47.1 Å². The van der Waals surface area contributed by atoms with Crippen molar-refractivity contribution < 1.29 is 4.79 Å². The predicted octanol–water partition coefficient (Wildman–Crippen LogP) is 4.66. The molecule has 0 fully saturated rings. The van der Waals surface area contributed by atoms with Gasteiger partial charge >= 0.3 is 6.03 Å². The van der Waals surface area contributed by atoms with Gasteiger partial charge in [0.05, 0.1) is 5.69 Å². The first kappa shape index (κ1) is 16.5. The number of aryl methyl sites for hydroxylation is 3. The van der Waals surface area contributed by atoms with E-state index >= 15 is 0 Å². The molecule has 4 nitrogen and oxygen atoms in total. The Balaban J connectivity index is 2.21. The monoisotopic (exact) mass is 317 g/mol. The number of nitrogens with zero attached hydrogens (tertiary/aromatic N) is 1. The third kappa shape index (κ3) is 4.07. The van der Waals surface area contributed by atoms with Crippen LogP contribution in [0.25, 0.3) is 11.3 Å². The van der Waals surface area contributed by atoms with Gasteiger partial charge in [-0.3, -0.25) is 5.32 Å². The number of rotatable bonds is 2. The minimum atomic E-state index is -0.270. The maximum Gasteiger partial charge on any atom is 0.321 e. The van der Waals surface area contributed by atoms with Gasteiger partial charge in [-0.15, -0.1) is 11.3 Å². The average Bonchev–Trinajstić information content (AvgIpc) is 2.72. The van der Waals surface area contributed by atoms with Gasteiger partial charge in [0.15, 0.2) is 5.13 Å². The molecule has 0 aliphatic rings. The summed E-state index contributed by atoms with van der Waals surface area (Å²) in [5.41, 5.74) is 5.44. The Kier molecular flexibility index (Phi) is 4.56. The number of thiazole rings is 1. The van der Waals surface area contributed by atoms with E-state index in [-0.39, 0.29) is 11.6 Å². The molecule has 5 heteroatoms. The van der Waals surface area contributed by atoms with Gasteiger partial charge in [0.1, 0.15) is 0 Å². The van der Waals surface area contributed by atoms with Crippen molar-refractivity contribution in [3.05, 3.63) is 34.2 Å². The van der Waals surface area contributed by atoms with Crippen molar-refractivity contribution >= 4 is 22.5 Å². The summed E-state index contributed by atoms with van der Waals surface area (Å²) in [5, 5.41) is 8.25.